The average Bonchev–Trinajstić information content (AvgIpc) is 2.06. The highest BCUT2D eigenvalue weighted by Gasteiger charge is 2.38. The third kappa shape index (κ3) is 1.33. The van der Waals surface area contributed by atoms with Crippen LogP contribution in [0.25, 0.3) is 0 Å². The lowest BCUT2D eigenvalue weighted by atomic mass is 9.88. The van der Waals surface area contributed by atoms with Crippen LogP contribution in [-0.4, -0.2) is 18.2 Å². The molecule has 1 fully saturated rings. The van der Waals surface area contributed by atoms with E-state index in [1.807, 2.05) is 0 Å². The maximum absolute atomic E-state index is 13.0. The lowest BCUT2D eigenvalue weighted by Gasteiger charge is -2.38. The first kappa shape index (κ1) is 8.94. The highest BCUT2D eigenvalue weighted by molar-refractivity contribution is 6.31. The van der Waals surface area contributed by atoms with Gasteiger partial charge in [0.25, 0.3) is 0 Å². The van der Waals surface area contributed by atoms with Crippen molar-refractivity contribution in [1.29, 1.82) is 0 Å². The molecule has 1 aromatic rings. The number of benzene rings is 1. The highest BCUT2D eigenvalue weighted by atomic mass is 35.5. The minimum absolute atomic E-state index is 0.0199. The largest absolute Gasteiger partial charge is 0.382 e. The molecule has 0 saturated carbocycles. The van der Waals surface area contributed by atoms with Crippen LogP contribution in [0.3, 0.4) is 0 Å². The molecule has 0 aromatic heterocycles. The van der Waals surface area contributed by atoms with Gasteiger partial charge in [-0.2, -0.15) is 0 Å². The Bertz CT molecular complexity index is 338. The summed E-state index contributed by atoms with van der Waals surface area (Å²) >= 11 is 5.73. The van der Waals surface area contributed by atoms with E-state index < -0.39 is 11.4 Å². The Labute approximate surface area is 80.3 Å². The van der Waals surface area contributed by atoms with Crippen molar-refractivity contribution >= 4 is 11.6 Å². The van der Waals surface area contributed by atoms with Gasteiger partial charge >= 0.3 is 0 Å². The molecule has 0 unspecified atom stereocenters. The van der Waals surface area contributed by atoms with Gasteiger partial charge in [0.2, 0.25) is 0 Å². The molecule has 2 N–H and O–H groups in total. The lowest BCUT2D eigenvalue weighted by molar-refractivity contribution is -0.0147. The van der Waals surface area contributed by atoms with Crippen molar-refractivity contribution in [2.24, 2.45) is 0 Å². The van der Waals surface area contributed by atoms with Crippen LogP contribution in [0.4, 0.5) is 4.39 Å². The van der Waals surface area contributed by atoms with Gasteiger partial charge in [-0.15, -0.1) is 0 Å². The molecule has 1 heterocycles. The minimum atomic E-state index is -0.987. The van der Waals surface area contributed by atoms with Crippen LogP contribution in [-0.2, 0) is 5.60 Å². The fraction of sp³-hybridized carbons (Fsp3) is 0.333. The van der Waals surface area contributed by atoms with Crippen LogP contribution >= 0.6 is 11.6 Å². The molecule has 0 atom stereocenters. The average molecular weight is 202 g/mol. The van der Waals surface area contributed by atoms with Crippen molar-refractivity contribution in [3.63, 3.8) is 0 Å². The molecule has 4 heteroatoms. The molecule has 70 valence electrons. The van der Waals surface area contributed by atoms with Crippen molar-refractivity contribution in [1.82, 2.24) is 5.32 Å². The van der Waals surface area contributed by atoms with Gasteiger partial charge < -0.3 is 10.4 Å². The first-order valence-corrected chi connectivity index (χ1v) is 4.39. The zero-order valence-electron chi connectivity index (χ0n) is 6.85. The topological polar surface area (TPSA) is 32.3 Å². The Kier molecular flexibility index (Phi) is 2.02. The first-order chi connectivity index (χ1) is 6.13. The van der Waals surface area contributed by atoms with Gasteiger partial charge in [0.15, 0.2) is 0 Å². The van der Waals surface area contributed by atoms with Crippen molar-refractivity contribution in [2.45, 2.75) is 5.60 Å². The second kappa shape index (κ2) is 2.94. The predicted octanol–water partition coefficient (Wildman–Crippen LogP) is 1.27. The predicted molar refractivity (Wildman–Crippen MR) is 48.2 cm³/mol. The number of halogens is 2. The molecule has 1 aliphatic heterocycles. The second-order valence-electron chi connectivity index (χ2n) is 3.24. The molecule has 0 bridgehead atoms. The van der Waals surface area contributed by atoms with Gasteiger partial charge in [0.05, 0.1) is 5.02 Å². The van der Waals surface area contributed by atoms with Crippen molar-refractivity contribution in [3.8, 4) is 0 Å². The second-order valence-corrected chi connectivity index (χ2v) is 3.61. The van der Waals surface area contributed by atoms with Gasteiger partial charge in [-0.25, -0.2) is 4.39 Å². The standard InChI is InChI=1S/C9H9ClFNO/c10-8-6(2-1-3-7(8)11)9(13)4-12-5-9/h1-3,12-13H,4-5H2. The molecule has 0 radical (unpaired) electrons. The molecule has 1 aliphatic rings. The van der Waals surface area contributed by atoms with Crippen LogP contribution in [0.2, 0.25) is 5.02 Å². The molecular weight excluding hydrogens is 193 g/mol. The first-order valence-electron chi connectivity index (χ1n) is 4.01. The maximum Gasteiger partial charge on any atom is 0.142 e. The van der Waals surface area contributed by atoms with E-state index in [-0.39, 0.29) is 5.02 Å². The molecular formula is C9H9ClFNO. The monoisotopic (exact) mass is 201 g/mol. The van der Waals surface area contributed by atoms with Crippen LogP contribution in [0.1, 0.15) is 5.56 Å². The Hall–Kier alpha value is -0.640. The summed E-state index contributed by atoms with van der Waals surface area (Å²) in [5, 5.41) is 12.8. The van der Waals surface area contributed by atoms with Crippen molar-refractivity contribution < 1.29 is 9.50 Å². The molecule has 0 amide bonds. The van der Waals surface area contributed by atoms with Crippen LogP contribution in [0.5, 0.6) is 0 Å². The van der Waals surface area contributed by atoms with Crippen LogP contribution in [0.15, 0.2) is 18.2 Å². The third-order valence-electron chi connectivity index (χ3n) is 2.29. The van der Waals surface area contributed by atoms with Crippen LogP contribution in [0, 0.1) is 5.82 Å². The minimum Gasteiger partial charge on any atom is -0.382 e. The summed E-state index contributed by atoms with van der Waals surface area (Å²) in [6.07, 6.45) is 0. The van der Waals surface area contributed by atoms with Crippen molar-refractivity contribution in [2.75, 3.05) is 13.1 Å². The number of hydrogen-bond donors (Lipinski definition) is 2. The number of hydrogen-bond acceptors (Lipinski definition) is 2. The zero-order chi connectivity index (χ0) is 9.47. The van der Waals surface area contributed by atoms with Gasteiger partial charge in [-0.1, -0.05) is 23.7 Å². The lowest BCUT2D eigenvalue weighted by Crippen LogP contribution is -2.56. The summed E-state index contributed by atoms with van der Waals surface area (Å²) in [5.74, 6) is -0.487. The van der Waals surface area contributed by atoms with Crippen LogP contribution < -0.4 is 5.32 Å². The van der Waals surface area contributed by atoms with E-state index in [0.29, 0.717) is 18.7 Å². The summed E-state index contributed by atoms with van der Waals surface area (Å²) in [6, 6.07) is 4.47. The van der Waals surface area contributed by atoms with E-state index in [9.17, 15) is 9.50 Å². The summed E-state index contributed by atoms with van der Waals surface area (Å²) in [5.41, 5.74) is -0.521. The quantitative estimate of drug-likeness (QED) is 0.717. The Morgan fingerprint density at radius 1 is 1.46 bits per heavy atom. The number of β-amino-alcohol motifs (C(OH)–C–C–N with tert-alkyl or cyclic N) is 1. The summed E-state index contributed by atoms with van der Waals surface area (Å²) in [6.45, 7) is 0.854. The molecule has 1 aromatic carbocycles. The van der Waals surface area contributed by atoms with E-state index in [1.54, 1.807) is 12.1 Å². The zero-order valence-corrected chi connectivity index (χ0v) is 7.61. The Morgan fingerprint density at radius 3 is 2.69 bits per heavy atom. The van der Waals surface area contributed by atoms with Gasteiger partial charge in [0.1, 0.15) is 11.4 Å². The normalized spacial score (nSPS) is 19.6. The summed E-state index contributed by atoms with van der Waals surface area (Å²) < 4.78 is 13.0. The molecule has 13 heavy (non-hydrogen) atoms. The smallest absolute Gasteiger partial charge is 0.142 e. The van der Waals surface area contributed by atoms with Gasteiger partial charge in [0, 0.05) is 18.7 Å². The van der Waals surface area contributed by atoms with Gasteiger partial charge in [-0.05, 0) is 6.07 Å². The molecule has 2 nitrogen and oxygen atoms in total. The van der Waals surface area contributed by atoms with E-state index >= 15 is 0 Å². The Balaban J connectivity index is 2.45. The third-order valence-corrected chi connectivity index (χ3v) is 2.67. The van der Waals surface area contributed by atoms with E-state index in [0.717, 1.165) is 0 Å². The fourth-order valence-corrected chi connectivity index (χ4v) is 1.72. The highest BCUT2D eigenvalue weighted by Crippen LogP contribution is 2.32. The Morgan fingerprint density at radius 2 is 2.15 bits per heavy atom. The summed E-state index contributed by atoms with van der Waals surface area (Å²) in [4.78, 5) is 0. The van der Waals surface area contributed by atoms with Crippen molar-refractivity contribution in [3.05, 3.63) is 34.6 Å². The number of rotatable bonds is 1. The molecule has 2 rings (SSSR count). The SMILES string of the molecule is OC1(c2cccc(F)c2Cl)CNC1. The molecule has 0 aliphatic carbocycles. The summed E-state index contributed by atoms with van der Waals surface area (Å²) in [7, 11) is 0. The molecule has 1 saturated heterocycles. The number of nitrogens with one attached hydrogen (secondary N) is 1. The number of aliphatic hydroxyl groups is 1. The maximum atomic E-state index is 13.0. The van der Waals surface area contributed by atoms with E-state index in [2.05, 4.69) is 5.32 Å². The van der Waals surface area contributed by atoms with E-state index in [4.69, 9.17) is 11.6 Å². The fourth-order valence-electron chi connectivity index (χ4n) is 1.42. The molecule has 0 spiro atoms. The van der Waals surface area contributed by atoms with Gasteiger partial charge in [-0.3, -0.25) is 0 Å². The van der Waals surface area contributed by atoms with E-state index in [1.165, 1.54) is 6.07 Å².